The van der Waals surface area contributed by atoms with Crippen LogP contribution in [0.4, 0.5) is 0 Å². The molecule has 0 saturated heterocycles. The lowest BCUT2D eigenvalue weighted by Gasteiger charge is -2.18. The molecule has 4 heteroatoms. The first-order chi connectivity index (χ1) is 8.62. The Labute approximate surface area is 108 Å². The molecule has 18 heavy (non-hydrogen) atoms. The highest BCUT2D eigenvalue weighted by atomic mass is 15.1. The van der Waals surface area contributed by atoms with E-state index in [9.17, 15) is 5.26 Å². The summed E-state index contributed by atoms with van der Waals surface area (Å²) in [7, 11) is 0. The molecule has 1 aromatic rings. The topological polar surface area (TPSA) is 72.3 Å². The van der Waals surface area contributed by atoms with Crippen LogP contribution >= 0.6 is 0 Å². The van der Waals surface area contributed by atoms with E-state index >= 15 is 0 Å². The second-order valence-corrected chi connectivity index (χ2v) is 4.46. The first-order valence-corrected chi connectivity index (χ1v) is 5.82. The van der Waals surface area contributed by atoms with Crippen molar-refractivity contribution < 1.29 is 0 Å². The van der Waals surface area contributed by atoms with Gasteiger partial charge in [0.05, 0.1) is 31.1 Å². The van der Waals surface area contributed by atoms with E-state index < -0.39 is 5.41 Å². The summed E-state index contributed by atoms with van der Waals surface area (Å²) in [6, 6.07) is 13.9. The minimum atomic E-state index is -0.666. The first kappa shape index (κ1) is 13.9. The van der Waals surface area contributed by atoms with Crippen molar-refractivity contribution in [1.82, 2.24) is 0 Å². The molecule has 2 unspecified atom stereocenters. The van der Waals surface area contributed by atoms with E-state index in [-0.39, 0.29) is 5.92 Å². The zero-order chi connectivity index (χ0) is 13.4. The Bertz CT molecular complexity index is 481. The predicted molar refractivity (Wildman–Crippen MR) is 68.8 cm³/mol. The summed E-state index contributed by atoms with van der Waals surface area (Å²) < 4.78 is 0. The van der Waals surface area contributed by atoms with Crippen LogP contribution in [0.15, 0.2) is 40.6 Å². The number of benzene rings is 1. The first-order valence-electron chi connectivity index (χ1n) is 5.82. The predicted octanol–water partition coefficient (Wildman–Crippen LogP) is 3.08. The van der Waals surface area contributed by atoms with Gasteiger partial charge < -0.3 is 0 Å². The van der Waals surface area contributed by atoms with Crippen LogP contribution in [0.5, 0.6) is 0 Å². The van der Waals surface area contributed by atoms with Crippen LogP contribution < -0.4 is 0 Å². The van der Waals surface area contributed by atoms with Crippen molar-refractivity contribution in [3.63, 3.8) is 0 Å². The molecule has 0 aliphatic carbocycles. The lowest BCUT2D eigenvalue weighted by Crippen LogP contribution is -2.23. The van der Waals surface area contributed by atoms with Crippen molar-refractivity contribution in [2.45, 2.75) is 19.3 Å². The van der Waals surface area contributed by atoms with E-state index in [1.165, 1.54) is 0 Å². The molecule has 0 spiro atoms. The van der Waals surface area contributed by atoms with Crippen LogP contribution in [0, 0.1) is 28.6 Å². The Kier molecular flexibility index (Phi) is 5.02. The van der Waals surface area contributed by atoms with E-state index in [2.05, 4.69) is 22.4 Å². The van der Waals surface area contributed by atoms with E-state index in [1.807, 2.05) is 37.3 Å². The summed E-state index contributed by atoms with van der Waals surface area (Å²) in [5.41, 5.74) is 0.264. The average Bonchev–Trinajstić information content (AvgIpc) is 2.44. The standard InChI is InChI=1S/C14H16N4/c1-12(8-15)9-17-18-11-14(2,10-16)13-6-4-3-5-7-13/h3-7,12H,9,11H2,1-2H3. The molecule has 0 N–H and O–H groups in total. The van der Waals surface area contributed by atoms with Gasteiger partial charge in [0, 0.05) is 0 Å². The second-order valence-electron chi connectivity index (χ2n) is 4.46. The van der Waals surface area contributed by atoms with Crippen molar-refractivity contribution in [1.29, 1.82) is 10.5 Å². The largest absolute Gasteiger partial charge is 0.198 e. The Hall–Kier alpha value is -2.20. The van der Waals surface area contributed by atoms with Crippen LogP contribution in [0.3, 0.4) is 0 Å². The van der Waals surface area contributed by atoms with Crippen molar-refractivity contribution >= 4 is 0 Å². The van der Waals surface area contributed by atoms with Crippen molar-refractivity contribution in [2.24, 2.45) is 16.1 Å². The fraction of sp³-hybridized carbons (Fsp3) is 0.429. The van der Waals surface area contributed by atoms with Gasteiger partial charge in [-0.3, -0.25) is 0 Å². The van der Waals surface area contributed by atoms with Crippen molar-refractivity contribution in [3.05, 3.63) is 35.9 Å². The number of hydrogen-bond acceptors (Lipinski definition) is 4. The summed E-state index contributed by atoms with van der Waals surface area (Å²) in [5, 5.41) is 25.9. The molecule has 0 fully saturated rings. The fourth-order valence-corrected chi connectivity index (χ4v) is 1.41. The van der Waals surface area contributed by atoms with Crippen LogP contribution in [0.25, 0.3) is 0 Å². The Morgan fingerprint density at radius 2 is 1.89 bits per heavy atom. The van der Waals surface area contributed by atoms with Crippen LogP contribution in [0.1, 0.15) is 19.4 Å². The fourth-order valence-electron chi connectivity index (χ4n) is 1.41. The molecule has 0 aliphatic heterocycles. The zero-order valence-corrected chi connectivity index (χ0v) is 10.7. The highest BCUT2D eigenvalue weighted by Gasteiger charge is 2.25. The number of hydrogen-bond donors (Lipinski definition) is 0. The average molecular weight is 240 g/mol. The van der Waals surface area contributed by atoms with E-state index in [0.29, 0.717) is 13.1 Å². The van der Waals surface area contributed by atoms with E-state index in [0.717, 1.165) is 5.56 Å². The van der Waals surface area contributed by atoms with Gasteiger partial charge in [-0.1, -0.05) is 30.3 Å². The lowest BCUT2D eigenvalue weighted by atomic mass is 9.84. The molecule has 0 amide bonds. The zero-order valence-electron chi connectivity index (χ0n) is 10.7. The third-order valence-electron chi connectivity index (χ3n) is 2.72. The van der Waals surface area contributed by atoms with Gasteiger partial charge in [0.15, 0.2) is 0 Å². The van der Waals surface area contributed by atoms with Crippen molar-refractivity contribution in [2.75, 3.05) is 13.1 Å². The number of rotatable bonds is 5. The van der Waals surface area contributed by atoms with Gasteiger partial charge in [-0.05, 0) is 19.4 Å². The molecule has 0 aliphatic rings. The molecule has 1 rings (SSSR count). The van der Waals surface area contributed by atoms with E-state index in [4.69, 9.17) is 5.26 Å². The monoisotopic (exact) mass is 240 g/mol. The molecule has 4 nitrogen and oxygen atoms in total. The lowest BCUT2D eigenvalue weighted by molar-refractivity contribution is 0.591. The molecule has 92 valence electrons. The maximum absolute atomic E-state index is 9.29. The summed E-state index contributed by atoms with van der Waals surface area (Å²) in [5.74, 6) is -0.140. The summed E-state index contributed by atoms with van der Waals surface area (Å²) in [4.78, 5) is 0. The van der Waals surface area contributed by atoms with Gasteiger partial charge >= 0.3 is 0 Å². The minimum absolute atomic E-state index is 0.140. The highest BCUT2D eigenvalue weighted by molar-refractivity contribution is 5.31. The number of nitrogens with zero attached hydrogens (tertiary/aromatic N) is 4. The number of azo groups is 1. The van der Waals surface area contributed by atoms with Crippen LogP contribution in [-0.2, 0) is 5.41 Å². The Balaban J connectivity index is 2.69. The minimum Gasteiger partial charge on any atom is -0.198 e. The molecule has 0 saturated carbocycles. The maximum Gasteiger partial charge on any atom is 0.101 e. The Morgan fingerprint density at radius 3 is 2.44 bits per heavy atom. The van der Waals surface area contributed by atoms with Gasteiger partial charge in [-0.25, -0.2) is 0 Å². The Morgan fingerprint density at radius 1 is 1.22 bits per heavy atom. The van der Waals surface area contributed by atoms with Gasteiger partial charge in [-0.15, -0.1) is 0 Å². The molecule has 1 aromatic carbocycles. The molecular formula is C14H16N4. The third kappa shape index (κ3) is 3.68. The van der Waals surface area contributed by atoms with Crippen LogP contribution in [-0.4, -0.2) is 13.1 Å². The molecule has 0 radical (unpaired) electrons. The quantitative estimate of drug-likeness (QED) is 0.742. The maximum atomic E-state index is 9.29. The summed E-state index contributed by atoms with van der Waals surface area (Å²) in [6.45, 7) is 4.33. The van der Waals surface area contributed by atoms with Crippen LogP contribution in [0.2, 0.25) is 0 Å². The second kappa shape index (κ2) is 6.51. The molecule has 0 heterocycles. The van der Waals surface area contributed by atoms with E-state index in [1.54, 1.807) is 6.92 Å². The van der Waals surface area contributed by atoms with Gasteiger partial charge in [0.25, 0.3) is 0 Å². The molecule has 2 atom stereocenters. The smallest absolute Gasteiger partial charge is 0.101 e. The molecular weight excluding hydrogens is 224 g/mol. The molecule has 0 bridgehead atoms. The summed E-state index contributed by atoms with van der Waals surface area (Å²) in [6.07, 6.45) is 0. The van der Waals surface area contributed by atoms with Gasteiger partial charge in [0.2, 0.25) is 0 Å². The van der Waals surface area contributed by atoms with Gasteiger partial charge in [-0.2, -0.15) is 20.8 Å². The SMILES string of the molecule is CC(C#N)CN=NCC(C)(C#N)c1ccccc1. The summed E-state index contributed by atoms with van der Waals surface area (Å²) >= 11 is 0. The third-order valence-corrected chi connectivity index (χ3v) is 2.72. The van der Waals surface area contributed by atoms with Gasteiger partial charge in [0.1, 0.15) is 5.41 Å². The van der Waals surface area contributed by atoms with Crippen molar-refractivity contribution in [3.8, 4) is 12.1 Å². The highest BCUT2D eigenvalue weighted by Crippen LogP contribution is 2.23. The molecule has 0 aromatic heterocycles. The number of nitriles is 2. The normalized spacial score (nSPS) is 15.6.